The van der Waals surface area contributed by atoms with E-state index in [-0.39, 0.29) is 37.8 Å². The first-order valence-corrected chi connectivity index (χ1v) is 12.3. The van der Waals surface area contributed by atoms with Crippen molar-refractivity contribution in [3.63, 3.8) is 0 Å². The lowest BCUT2D eigenvalue weighted by atomic mass is 9.86. The highest BCUT2D eigenvalue weighted by molar-refractivity contribution is 6.08. The number of hydrogen-bond donors (Lipinski definition) is 2. The van der Waals surface area contributed by atoms with E-state index in [9.17, 15) is 40.3 Å². The number of aromatic nitrogens is 1. The van der Waals surface area contributed by atoms with Crippen LogP contribution in [0, 0.1) is 5.82 Å². The third kappa shape index (κ3) is 7.09. The average molecular weight is 581 g/mol. The number of rotatable bonds is 6. The third-order valence-corrected chi connectivity index (χ3v) is 6.44. The Labute approximate surface area is 229 Å². The fourth-order valence-electron chi connectivity index (χ4n) is 4.39. The van der Waals surface area contributed by atoms with Crippen molar-refractivity contribution >= 4 is 29.4 Å². The van der Waals surface area contributed by atoms with Gasteiger partial charge in [0.2, 0.25) is 5.91 Å². The van der Waals surface area contributed by atoms with Gasteiger partial charge in [0.05, 0.1) is 16.8 Å². The number of halogens is 7. The Morgan fingerprint density at radius 2 is 1.51 bits per heavy atom. The number of amides is 2. The standard InChI is InChI=1S/C28H23F7N4O2/c29-21-7-4-18(5-8-21)6-9-24(40)38-26(10-13-36-14-11-26)25(41)39(23-3-1-2-12-37-23)22-16-19(27(30,31)32)15-20(17-22)28(33,34)35/h1-9,12,15-17,36H,10-11,13-14H2,(H,38,40)/b9-6+. The lowest BCUT2D eigenvalue weighted by molar-refractivity contribution is -0.143. The number of carbonyl (C=O) groups excluding carboxylic acids is 2. The molecule has 0 spiro atoms. The molecule has 0 unspecified atom stereocenters. The molecule has 6 nitrogen and oxygen atoms in total. The molecule has 0 bridgehead atoms. The van der Waals surface area contributed by atoms with Crippen LogP contribution in [-0.2, 0) is 21.9 Å². The van der Waals surface area contributed by atoms with E-state index >= 15 is 0 Å². The molecule has 2 amide bonds. The molecule has 1 aliphatic heterocycles. The average Bonchev–Trinajstić information content (AvgIpc) is 2.93. The zero-order valence-electron chi connectivity index (χ0n) is 21.2. The van der Waals surface area contributed by atoms with Gasteiger partial charge in [-0.2, -0.15) is 26.3 Å². The minimum atomic E-state index is -5.15. The Bertz CT molecular complexity index is 1380. The first-order valence-electron chi connectivity index (χ1n) is 12.3. The van der Waals surface area contributed by atoms with Crippen molar-refractivity contribution in [1.82, 2.24) is 15.6 Å². The molecule has 0 aliphatic carbocycles. The molecule has 0 saturated carbocycles. The van der Waals surface area contributed by atoms with Gasteiger partial charge >= 0.3 is 12.4 Å². The maximum atomic E-state index is 14.2. The van der Waals surface area contributed by atoms with Crippen molar-refractivity contribution in [3.8, 4) is 0 Å². The molecule has 1 fully saturated rings. The third-order valence-electron chi connectivity index (χ3n) is 6.44. The quantitative estimate of drug-likeness (QED) is 0.283. The number of pyridine rings is 1. The summed E-state index contributed by atoms with van der Waals surface area (Å²) >= 11 is 0. The SMILES string of the molecule is O=C(/C=C/c1ccc(F)cc1)NC1(C(=O)N(c2cc(C(F)(F)F)cc(C(F)(F)F)c2)c2ccccn2)CCNCC1. The number of piperidine rings is 1. The molecule has 13 heteroatoms. The van der Waals surface area contributed by atoms with Crippen LogP contribution in [0.15, 0.2) is 72.9 Å². The fourth-order valence-corrected chi connectivity index (χ4v) is 4.39. The van der Waals surface area contributed by atoms with Crippen LogP contribution in [0.5, 0.6) is 0 Å². The molecular formula is C28H23F7N4O2. The number of anilines is 2. The zero-order chi connectivity index (χ0) is 29.8. The van der Waals surface area contributed by atoms with Crippen molar-refractivity contribution in [3.05, 3.63) is 95.4 Å². The van der Waals surface area contributed by atoms with Gasteiger partial charge in [-0.15, -0.1) is 0 Å². The van der Waals surface area contributed by atoms with Crippen LogP contribution < -0.4 is 15.5 Å². The van der Waals surface area contributed by atoms with Crippen LogP contribution in [0.4, 0.5) is 42.2 Å². The first-order chi connectivity index (χ1) is 19.3. The van der Waals surface area contributed by atoms with Crippen LogP contribution in [0.25, 0.3) is 6.08 Å². The van der Waals surface area contributed by atoms with Gasteiger partial charge in [-0.25, -0.2) is 9.37 Å². The van der Waals surface area contributed by atoms with Gasteiger partial charge in [-0.3, -0.25) is 14.5 Å². The molecule has 1 aromatic heterocycles. The highest BCUT2D eigenvalue weighted by atomic mass is 19.4. The lowest BCUT2D eigenvalue weighted by Crippen LogP contribution is -2.63. The van der Waals surface area contributed by atoms with E-state index in [2.05, 4.69) is 15.6 Å². The Morgan fingerprint density at radius 1 is 0.902 bits per heavy atom. The second kappa shape index (κ2) is 11.7. The highest BCUT2D eigenvalue weighted by Crippen LogP contribution is 2.40. The summed E-state index contributed by atoms with van der Waals surface area (Å²) in [5.41, 5.74) is -5.17. The molecule has 0 atom stereocenters. The van der Waals surface area contributed by atoms with Crippen molar-refractivity contribution in [2.45, 2.75) is 30.7 Å². The molecule has 0 radical (unpaired) electrons. The molecule has 2 aromatic carbocycles. The highest BCUT2D eigenvalue weighted by Gasteiger charge is 2.45. The molecule has 1 aliphatic rings. The summed E-state index contributed by atoms with van der Waals surface area (Å²) < 4.78 is 95.2. The minimum Gasteiger partial charge on any atom is -0.338 e. The lowest BCUT2D eigenvalue weighted by Gasteiger charge is -2.40. The fraction of sp³-hybridized carbons (Fsp3) is 0.250. The van der Waals surface area contributed by atoms with Crippen LogP contribution in [0.1, 0.15) is 29.5 Å². The Hall–Kier alpha value is -4.26. The second-order valence-electron chi connectivity index (χ2n) is 9.30. The first kappa shape index (κ1) is 29.7. The van der Waals surface area contributed by atoms with Crippen molar-refractivity contribution in [2.75, 3.05) is 18.0 Å². The van der Waals surface area contributed by atoms with Crippen LogP contribution >= 0.6 is 0 Å². The summed E-state index contributed by atoms with van der Waals surface area (Å²) in [7, 11) is 0. The number of nitrogens with zero attached hydrogens (tertiary/aromatic N) is 2. The Kier molecular flexibility index (Phi) is 8.47. The number of benzene rings is 2. The largest absolute Gasteiger partial charge is 0.416 e. The van der Waals surface area contributed by atoms with Crippen molar-refractivity contribution in [2.24, 2.45) is 0 Å². The summed E-state index contributed by atoms with van der Waals surface area (Å²) in [5.74, 6) is -2.43. The second-order valence-corrected chi connectivity index (χ2v) is 9.30. The number of hydrogen-bond acceptors (Lipinski definition) is 4. The maximum Gasteiger partial charge on any atom is 0.416 e. The molecule has 41 heavy (non-hydrogen) atoms. The summed E-state index contributed by atoms with van der Waals surface area (Å²) in [5, 5.41) is 5.64. The van der Waals surface area contributed by atoms with Gasteiger partial charge in [-0.05, 0) is 80.0 Å². The van der Waals surface area contributed by atoms with E-state index in [1.165, 1.54) is 54.7 Å². The van der Waals surface area contributed by atoms with E-state index in [0.717, 1.165) is 6.08 Å². The molecule has 1 saturated heterocycles. The van der Waals surface area contributed by atoms with Crippen molar-refractivity contribution < 1.29 is 40.3 Å². The summed E-state index contributed by atoms with van der Waals surface area (Å²) in [6.07, 6.45) is -6.64. The topological polar surface area (TPSA) is 74.3 Å². The molecule has 4 rings (SSSR count). The van der Waals surface area contributed by atoms with Crippen molar-refractivity contribution in [1.29, 1.82) is 0 Å². The van der Waals surface area contributed by atoms with Gasteiger partial charge < -0.3 is 10.6 Å². The molecule has 3 aromatic rings. The van der Waals surface area contributed by atoms with Crippen LogP contribution in [0.3, 0.4) is 0 Å². The van der Waals surface area contributed by atoms with E-state index < -0.39 is 52.3 Å². The predicted molar refractivity (Wildman–Crippen MR) is 136 cm³/mol. The van der Waals surface area contributed by atoms with Gasteiger partial charge in [0, 0.05) is 12.3 Å². The summed E-state index contributed by atoms with van der Waals surface area (Å²) in [6, 6.07) is 10.2. The Morgan fingerprint density at radius 3 is 2.05 bits per heavy atom. The van der Waals surface area contributed by atoms with Crippen LogP contribution in [-0.4, -0.2) is 35.4 Å². The molecule has 216 valence electrons. The van der Waals surface area contributed by atoms with E-state index in [1.807, 2.05) is 0 Å². The number of nitrogens with one attached hydrogen (secondary N) is 2. The van der Waals surface area contributed by atoms with Crippen LogP contribution in [0.2, 0.25) is 0 Å². The van der Waals surface area contributed by atoms with E-state index in [1.54, 1.807) is 0 Å². The predicted octanol–water partition coefficient (Wildman–Crippen LogP) is 5.87. The normalized spacial score (nSPS) is 15.5. The summed E-state index contributed by atoms with van der Waals surface area (Å²) in [6.45, 7) is 0.445. The van der Waals surface area contributed by atoms with Gasteiger partial charge in [-0.1, -0.05) is 18.2 Å². The molecular weight excluding hydrogens is 557 g/mol. The molecule has 2 N–H and O–H groups in total. The van der Waals surface area contributed by atoms with Gasteiger partial charge in [0.15, 0.2) is 0 Å². The number of alkyl halides is 6. The Balaban J connectivity index is 1.79. The zero-order valence-corrected chi connectivity index (χ0v) is 21.2. The minimum absolute atomic E-state index is 0.0175. The van der Waals surface area contributed by atoms with Gasteiger partial charge in [0.25, 0.3) is 5.91 Å². The summed E-state index contributed by atoms with van der Waals surface area (Å²) in [4.78, 5) is 31.8. The van der Waals surface area contributed by atoms with Gasteiger partial charge in [0.1, 0.15) is 17.2 Å². The van der Waals surface area contributed by atoms with E-state index in [4.69, 9.17) is 0 Å². The smallest absolute Gasteiger partial charge is 0.338 e. The maximum absolute atomic E-state index is 14.2. The van der Waals surface area contributed by atoms with E-state index in [0.29, 0.717) is 22.6 Å². The monoisotopic (exact) mass is 580 g/mol. The number of carbonyl (C=O) groups is 2. The molecule has 2 heterocycles.